The molecule has 8 nitrogen and oxygen atoms in total. The molecule has 1 unspecified atom stereocenters. The number of carbonyl (C=O) groups is 2. The highest BCUT2D eigenvalue weighted by Gasteiger charge is 2.15. The van der Waals surface area contributed by atoms with Crippen molar-refractivity contribution in [3.8, 4) is 17.6 Å². The third kappa shape index (κ3) is 7.58. The Morgan fingerprint density at radius 1 is 1.21 bits per heavy atom. The van der Waals surface area contributed by atoms with Gasteiger partial charge in [0.1, 0.15) is 11.6 Å². The predicted octanol–water partition coefficient (Wildman–Crippen LogP) is 2.52. The lowest BCUT2D eigenvalue weighted by Crippen LogP contribution is -2.28. The van der Waals surface area contributed by atoms with E-state index in [1.165, 1.54) is 13.3 Å². The summed E-state index contributed by atoms with van der Waals surface area (Å²) in [5, 5.41) is 23.5. The second kappa shape index (κ2) is 12.2. The van der Waals surface area contributed by atoms with Crippen LogP contribution in [0.4, 0.5) is 0 Å². The number of carboxylic acid groups (broad SMARTS) is 1. The van der Waals surface area contributed by atoms with Gasteiger partial charge in [0.2, 0.25) is 0 Å². The van der Waals surface area contributed by atoms with Gasteiger partial charge < -0.3 is 25.2 Å². The first-order valence-corrected chi connectivity index (χ1v) is 9.01. The van der Waals surface area contributed by atoms with Gasteiger partial charge in [-0.15, -0.1) is 0 Å². The second-order valence-corrected chi connectivity index (χ2v) is 6.14. The topological polar surface area (TPSA) is 121 Å². The van der Waals surface area contributed by atoms with Crippen molar-refractivity contribution in [2.75, 3.05) is 20.8 Å². The molecule has 0 fully saturated rings. The summed E-state index contributed by atoms with van der Waals surface area (Å²) in [5.41, 5.74) is 0.785. The predicted molar refractivity (Wildman–Crippen MR) is 104 cm³/mol. The molecule has 0 saturated heterocycles. The number of ether oxygens (including phenoxy) is 2. The highest BCUT2D eigenvalue weighted by atomic mass is 16.5. The Bertz CT molecular complexity index is 740. The van der Waals surface area contributed by atoms with Crippen LogP contribution >= 0.6 is 0 Å². The molecule has 8 heteroatoms. The molecule has 0 bridgehead atoms. The maximum Gasteiger partial charge on any atom is 0.303 e. The summed E-state index contributed by atoms with van der Waals surface area (Å²) in [6.45, 7) is 2.37. The zero-order valence-electron chi connectivity index (χ0n) is 16.4. The molecular formula is C20H27N3O5. The minimum atomic E-state index is -0.806. The van der Waals surface area contributed by atoms with Crippen LogP contribution in [0.2, 0.25) is 0 Å². The number of nitriles is 1. The number of unbranched alkanes of at least 4 members (excludes halogenated alkanes) is 2. The minimum absolute atomic E-state index is 0.0298. The van der Waals surface area contributed by atoms with Crippen LogP contribution in [-0.2, 0) is 9.59 Å². The third-order valence-electron chi connectivity index (χ3n) is 4.08. The van der Waals surface area contributed by atoms with E-state index in [-0.39, 0.29) is 18.0 Å². The molecule has 0 aromatic heterocycles. The van der Waals surface area contributed by atoms with Crippen molar-refractivity contribution < 1.29 is 24.2 Å². The van der Waals surface area contributed by atoms with Gasteiger partial charge in [-0.3, -0.25) is 9.59 Å². The van der Waals surface area contributed by atoms with Gasteiger partial charge in [0, 0.05) is 19.2 Å². The number of amides is 1. The quantitative estimate of drug-likeness (QED) is 0.285. The van der Waals surface area contributed by atoms with Crippen LogP contribution in [0.15, 0.2) is 30.0 Å². The molecular weight excluding hydrogens is 362 g/mol. The summed E-state index contributed by atoms with van der Waals surface area (Å²) in [6.07, 6.45) is 3.66. The number of rotatable bonds is 12. The maximum absolute atomic E-state index is 12.3. The molecule has 0 heterocycles. The summed E-state index contributed by atoms with van der Waals surface area (Å²) < 4.78 is 10.5. The van der Waals surface area contributed by atoms with Gasteiger partial charge in [0.05, 0.1) is 20.3 Å². The van der Waals surface area contributed by atoms with Gasteiger partial charge in [-0.2, -0.15) is 5.26 Å². The van der Waals surface area contributed by atoms with Crippen LogP contribution in [0, 0.1) is 11.3 Å². The van der Waals surface area contributed by atoms with Crippen molar-refractivity contribution in [3.63, 3.8) is 0 Å². The largest absolute Gasteiger partial charge is 0.493 e. The van der Waals surface area contributed by atoms with Crippen LogP contribution in [0.3, 0.4) is 0 Å². The van der Waals surface area contributed by atoms with Crippen molar-refractivity contribution in [2.45, 2.75) is 38.6 Å². The standard InChI is InChI=1S/C20H27N3O5/c1-14(15-8-9-17(27-2)18(11-15)28-3)23-20(26)16(12-21)13-22-10-6-4-5-7-19(24)25/h8-9,11,13-14,22H,4-7,10H2,1-3H3,(H,23,26)(H,24,25)/b16-13-. The molecule has 0 saturated carbocycles. The van der Waals surface area contributed by atoms with E-state index in [0.29, 0.717) is 24.5 Å². The fourth-order valence-electron chi connectivity index (χ4n) is 2.48. The number of nitrogens with one attached hydrogen (secondary N) is 2. The van der Waals surface area contributed by atoms with E-state index in [2.05, 4.69) is 10.6 Å². The van der Waals surface area contributed by atoms with E-state index in [0.717, 1.165) is 18.4 Å². The van der Waals surface area contributed by atoms with E-state index in [1.807, 2.05) is 19.1 Å². The summed E-state index contributed by atoms with van der Waals surface area (Å²) in [5.74, 6) is -0.139. The molecule has 152 valence electrons. The SMILES string of the molecule is COc1ccc(C(C)NC(=O)/C(C#N)=C\NCCCCCC(=O)O)cc1OC. The first-order chi connectivity index (χ1) is 13.4. The smallest absolute Gasteiger partial charge is 0.303 e. The molecule has 1 atom stereocenters. The lowest BCUT2D eigenvalue weighted by Gasteiger charge is -2.16. The van der Waals surface area contributed by atoms with E-state index in [9.17, 15) is 14.9 Å². The zero-order valence-corrected chi connectivity index (χ0v) is 16.4. The summed E-state index contributed by atoms with van der Waals surface area (Å²) in [7, 11) is 3.08. The highest BCUT2D eigenvalue weighted by molar-refractivity contribution is 5.97. The fraction of sp³-hybridized carbons (Fsp3) is 0.450. The summed E-state index contributed by atoms with van der Waals surface area (Å²) in [4.78, 5) is 22.7. The number of nitrogens with zero attached hydrogens (tertiary/aromatic N) is 1. The van der Waals surface area contributed by atoms with Gasteiger partial charge in [0.25, 0.3) is 5.91 Å². The van der Waals surface area contributed by atoms with Gasteiger partial charge in [-0.1, -0.05) is 12.5 Å². The fourth-order valence-corrected chi connectivity index (χ4v) is 2.48. The number of aliphatic carboxylic acids is 1. The Morgan fingerprint density at radius 2 is 1.93 bits per heavy atom. The maximum atomic E-state index is 12.3. The van der Waals surface area contributed by atoms with Crippen molar-refractivity contribution in [3.05, 3.63) is 35.5 Å². The molecule has 28 heavy (non-hydrogen) atoms. The van der Waals surface area contributed by atoms with Crippen LogP contribution in [0.25, 0.3) is 0 Å². The second-order valence-electron chi connectivity index (χ2n) is 6.14. The van der Waals surface area contributed by atoms with Crippen molar-refractivity contribution in [1.29, 1.82) is 5.26 Å². The summed E-state index contributed by atoms with van der Waals surface area (Å²) >= 11 is 0. The number of carbonyl (C=O) groups excluding carboxylic acids is 1. The number of methoxy groups -OCH3 is 2. The van der Waals surface area contributed by atoms with E-state index in [4.69, 9.17) is 14.6 Å². The Hall–Kier alpha value is -3.21. The van der Waals surface area contributed by atoms with E-state index in [1.54, 1.807) is 19.2 Å². The summed E-state index contributed by atoms with van der Waals surface area (Å²) in [6, 6.07) is 6.89. The molecule has 0 spiro atoms. The van der Waals surface area contributed by atoms with Crippen LogP contribution in [0.1, 0.15) is 44.2 Å². The van der Waals surface area contributed by atoms with Crippen molar-refractivity contribution in [2.24, 2.45) is 0 Å². The Morgan fingerprint density at radius 3 is 2.54 bits per heavy atom. The Kier molecular flexibility index (Phi) is 9.97. The average molecular weight is 389 g/mol. The Labute approximate surface area is 165 Å². The van der Waals surface area contributed by atoms with Crippen LogP contribution in [-0.4, -0.2) is 37.7 Å². The molecule has 1 aromatic rings. The van der Waals surface area contributed by atoms with Crippen LogP contribution < -0.4 is 20.1 Å². The zero-order chi connectivity index (χ0) is 20.9. The molecule has 1 rings (SSSR count). The lowest BCUT2D eigenvalue weighted by molar-refractivity contribution is -0.137. The van der Waals surface area contributed by atoms with Gasteiger partial charge >= 0.3 is 5.97 Å². The molecule has 0 aliphatic carbocycles. The van der Waals surface area contributed by atoms with Crippen LogP contribution in [0.5, 0.6) is 11.5 Å². The number of hydrogen-bond acceptors (Lipinski definition) is 6. The van der Waals surface area contributed by atoms with E-state index < -0.39 is 11.9 Å². The van der Waals surface area contributed by atoms with Crippen molar-refractivity contribution in [1.82, 2.24) is 10.6 Å². The van der Waals surface area contributed by atoms with Gasteiger partial charge in [-0.25, -0.2) is 0 Å². The molecule has 1 amide bonds. The average Bonchev–Trinajstić information content (AvgIpc) is 2.69. The third-order valence-corrected chi connectivity index (χ3v) is 4.08. The molecule has 0 aliphatic rings. The first kappa shape index (κ1) is 22.8. The highest BCUT2D eigenvalue weighted by Crippen LogP contribution is 2.29. The monoisotopic (exact) mass is 389 g/mol. The van der Waals surface area contributed by atoms with E-state index >= 15 is 0 Å². The number of carboxylic acids is 1. The minimum Gasteiger partial charge on any atom is -0.493 e. The lowest BCUT2D eigenvalue weighted by atomic mass is 10.1. The molecule has 1 aromatic carbocycles. The Balaban J connectivity index is 2.56. The molecule has 3 N–H and O–H groups in total. The molecule has 0 radical (unpaired) electrons. The number of benzene rings is 1. The number of hydrogen-bond donors (Lipinski definition) is 3. The normalized spacial score (nSPS) is 11.9. The van der Waals surface area contributed by atoms with Gasteiger partial charge in [-0.05, 0) is 37.5 Å². The van der Waals surface area contributed by atoms with Gasteiger partial charge in [0.15, 0.2) is 11.5 Å². The molecule has 0 aliphatic heterocycles. The first-order valence-electron chi connectivity index (χ1n) is 9.01. The van der Waals surface area contributed by atoms with Crippen molar-refractivity contribution >= 4 is 11.9 Å².